The lowest BCUT2D eigenvalue weighted by molar-refractivity contribution is -0.116. The topological polar surface area (TPSA) is 80.9 Å². The Morgan fingerprint density at radius 3 is 2.50 bits per heavy atom. The summed E-state index contributed by atoms with van der Waals surface area (Å²) in [6.45, 7) is 0. The molecule has 0 atom stereocenters. The van der Waals surface area contributed by atoms with Crippen molar-refractivity contribution in [3.8, 4) is 0 Å². The normalized spacial score (nSPS) is 10.0. The number of amides is 1. The van der Waals surface area contributed by atoms with E-state index in [1.54, 1.807) is 12.4 Å². The third kappa shape index (κ3) is 3.55. The Morgan fingerprint density at radius 1 is 1.17 bits per heavy atom. The number of aromatic nitrogens is 2. The fourth-order valence-electron chi connectivity index (χ4n) is 1.53. The second-order valence-electron chi connectivity index (χ2n) is 3.92. The molecule has 92 valence electrons. The van der Waals surface area contributed by atoms with E-state index in [2.05, 4.69) is 15.3 Å². The molecule has 1 aromatic carbocycles. The summed E-state index contributed by atoms with van der Waals surface area (Å²) in [5.74, 6) is -0.0541. The number of nitrogens with two attached hydrogens (primary N) is 1. The number of carbonyl (C=O) groups is 1. The third-order valence-corrected chi connectivity index (χ3v) is 2.46. The Balaban J connectivity index is 1.83. The van der Waals surface area contributed by atoms with E-state index in [0.717, 1.165) is 11.3 Å². The molecule has 2 aromatic rings. The number of carbonyl (C=O) groups excluding carboxylic acids is 1. The smallest absolute Gasteiger partial charge is 0.224 e. The molecule has 0 radical (unpaired) electrons. The lowest BCUT2D eigenvalue weighted by atomic mass is 10.1. The van der Waals surface area contributed by atoms with Gasteiger partial charge in [0, 0.05) is 12.1 Å². The van der Waals surface area contributed by atoms with Crippen LogP contribution >= 0.6 is 0 Å². The number of nitrogens with one attached hydrogen (secondary N) is 1. The fraction of sp³-hybridized carbons (Fsp3) is 0.154. The van der Waals surface area contributed by atoms with Crippen molar-refractivity contribution >= 4 is 17.3 Å². The maximum absolute atomic E-state index is 11.7. The number of benzene rings is 1. The predicted octanol–water partition coefficient (Wildman–Crippen LogP) is 1.63. The van der Waals surface area contributed by atoms with E-state index in [9.17, 15) is 4.79 Å². The fourth-order valence-corrected chi connectivity index (χ4v) is 1.53. The van der Waals surface area contributed by atoms with Crippen LogP contribution in [0, 0.1) is 0 Å². The molecule has 0 aliphatic heterocycles. The average molecular weight is 242 g/mol. The Hall–Kier alpha value is -2.43. The van der Waals surface area contributed by atoms with Crippen molar-refractivity contribution in [2.24, 2.45) is 0 Å². The molecule has 0 unspecified atom stereocenters. The molecule has 0 aliphatic rings. The SMILES string of the molecule is Nc1ccc(CCC(=O)Nc2cncnc2)cc1. The predicted molar refractivity (Wildman–Crippen MR) is 69.8 cm³/mol. The first kappa shape index (κ1) is 12.0. The number of nitrogens with zero attached hydrogens (tertiary/aromatic N) is 2. The van der Waals surface area contributed by atoms with Crippen molar-refractivity contribution in [1.82, 2.24) is 9.97 Å². The van der Waals surface area contributed by atoms with E-state index in [-0.39, 0.29) is 5.91 Å². The van der Waals surface area contributed by atoms with Crippen LogP contribution in [-0.2, 0) is 11.2 Å². The highest BCUT2D eigenvalue weighted by atomic mass is 16.1. The highest BCUT2D eigenvalue weighted by Crippen LogP contribution is 2.08. The van der Waals surface area contributed by atoms with Gasteiger partial charge in [-0.1, -0.05) is 12.1 Å². The molecule has 3 N–H and O–H groups in total. The summed E-state index contributed by atoms with van der Waals surface area (Å²) in [5, 5.41) is 2.73. The molecule has 5 heteroatoms. The summed E-state index contributed by atoms with van der Waals surface area (Å²) in [5.41, 5.74) is 8.02. The van der Waals surface area contributed by atoms with Gasteiger partial charge in [0.25, 0.3) is 0 Å². The zero-order valence-electron chi connectivity index (χ0n) is 9.84. The molecule has 1 aromatic heterocycles. The van der Waals surface area contributed by atoms with Crippen LogP contribution in [0.2, 0.25) is 0 Å². The minimum Gasteiger partial charge on any atom is -0.399 e. The van der Waals surface area contributed by atoms with E-state index in [0.29, 0.717) is 18.5 Å². The molecule has 0 fully saturated rings. The van der Waals surface area contributed by atoms with Gasteiger partial charge in [0.2, 0.25) is 5.91 Å². The van der Waals surface area contributed by atoms with Crippen molar-refractivity contribution in [2.75, 3.05) is 11.1 Å². The molecular weight excluding hydrogens is 228 g/mol. The maximum atomic E-state index is 11.7. The van der Waals surface area contributed by atoms with Gasteiger partial charge < -0.3 is 11.1 Å². The van der Waals surface area contributed by atoms with Gasteiger partial charge >= 0.3 is 0 Å². The third-order valence-electron chi connectivity index (χ3n) is 2.46. The van der Waals surface area contributed by atoms with Gasteiger partial charge in [-0.3, -0.25) is 4.79 Å². The molecule has 0 aliphatic carbocycles. The number of nitrogen functional groups attached to an aromatic ring is 1. The summed E-state index contributed by atoms with van der Waals surface area (Å²) in [4.78, 5) is 19.3. The Kier molecular flexibility index (Phi) is 3.86. The van der Waals surface area contributed by atoms with Crippen molar-refractivity contribution in [2.45, 2.75) is 12.8 Å². The van der Waals surface area contributed by atoms with Crippen LogP contribution in [0.4, 0.5) is 11.4 Å². The molecule has 1 amide bonds. The molecule has 0 spiro atoms. The molecular formula is C13H14N4O. The molecule has 18 heavy (non-hydrogen) atoms. The molecule has 0 saturated carbocycles. The van der Waals surface area contributed by atoms with Crippen molar-refractivity contribution < 1.29 is 4.79 Å². The van der Waals surface area contributed by atoms with Crippen molar-refractivity contribution in [1.29, 1.82) is 0 Å². The summed E-state index contributed by atoms with van der Waals surface area (Å²) >= 11 is 0. The summed E-state index contributed by atoms with van der Waals surface area (Å²) in [6, 6.07) is 7.51. The number of hydrogen-bond acceptors (Lipinski definition) is 4. The summed E-state index contributed by atoms with van der Waals surface area (Å²) in [6.07, 6.45) is 5.64. The number of rotatable bonds is 4. The van der Waals surface area contributed by atoms with Gasteiger partial charge in [-0.2, -0.15) is 0 Å². The van der Waals surface area contributed by atoms with E-state index in [1.807, 2.05) is 24.3 Å². The van der Waals surface area contributed by atoms with Crippen LogP contribution in [0.25, 0.3) is 0 Å². The average Bonchev–Trinajstić information content (AvgIpc) is 2.39. The quantitative estimate of drug-likeness (QED) is 0.798. The van der Waals surface area contributed by atoms with Gasteiger partial charge in [-0.05, 0) is 24.1 Å². The van der Waals surface area contributed by atoms with Gasteiger partial charge in [0.15, 0.2) is 0 Å². The van der Waals surface area contributed by atoms with Crippen LogP contribution in [0.15, 0.2) is 43.0 Å². The first-order chi connectivity index (χ1) is 8.74. The number of hydrogen-bond donors (Lipinski definition) is 2. The Morgan fingerprint density at radius 2 is 1.83 bits per heavy atom. The Labute approximate surface area is 105 Å². The molecule has 2 rings (SSSR count). The standard InChI is InChI=1S/C13H14N4O/c14-11-4-1-10(2-5-11)3-6-13(18)17-12-7-15-9-16-8-12/h1-2,4-5,7-9H,3,6,14H2,(H,17,18). The second kappa shape index (κ2) is 5.77. The highest BCUT2D eigenvalue weighted by Gasteiger charge is 2.03. The van der Waals surface area contributed by atoms with E-state index >= 15 is 0 Å². The van der Waals surface area contributed by atoms with E-state index in [4.69, 9.17) is 5.73 Å². The molecule has 0 saturated heterocycles. The molecule has 1 heterocycles. The first-order valence-electron chi connectivity index (χ1n) is 5.63. The van der Waals surface area contributed by atoms with E-state index in [1.165, 1.54) is 6.33 Å². The highest BCUT2D eigenvalue weighted by molar-refractivity contribution is 5.90. The Bertz CT molecular complexity index is 510. The van der Waals surface area contributed by atoms with Crippen LogP contribution < -0.4 is 11.1 Å². The number of aryl methyl sites for hydroxylation is 1. The van der Waals surface area contributed by atoms with Crippen molar-refractivity contribution in [3.05, 3.63) is 48.5 Å². The molecule has 0 bridgehead atoms. The summed E-state index contributed by atoms with van der Waals surface area (Å²) < 4.78 is 0. The van der Waals surface area contributed by atoms with E-state index < -0.39 is 0 Å². The van der Waals surface area contributed by atoms with Gasteiger partial charge in [0.05, 0.1) is 18.1 Å². The zero-order chi connectivity index (χ0) is 12.8. The first-order valence-corrected chi connectivity index (χ1v) is 5.63. The van der Waals surface area contributed by atoms with Crippen LogP contribution in [0.3, 0.4) is 0 Å². The lowest BCUT2D eigenvalue weighted by Gasteiger charge is -2.04. The second-order valence-corrected chi connectivity index (χ2v) is 3.92. The van der Waals surface area contributed by atoms with Gasteiger partial charge in [-0.25, -0.2) is 9.97 Å². The number of anilines is 2. The maximum Gasteiger partial charge on any atom is 0.224 e. The largest absolute Gasteiger partial charge is 0.399 e. The van der Waals surface area contributed by atoms with Crippen LogP contribution in [-0.4, -0.2) is 15.9 Å². The van der Waals surface area contributed by atoms with Gasteiger partial charge in [-0.15, -0.1) is 0 Å². The summed E-state index contributed by atoms with van der Waals surface area (Å²) in [7, 11) is 0. The van der Waals surface area contributed by atoms with Crippen LogP contribution in [0.1, 0.15) is 12.0 Å². The lowest BCUT2D eigenvalue weighted by Crippen LogP contribution is -2.12. The minimum absolute atomic E-state index is 0.0541. The zero-order valence-corrected chi connectivity index (χ0v) is 9.84. The monoisotopic (exact) mass is 242 g/mol. The van der Waals surface area contributed by atoms with Crippen molar-refractivity contribution in [3.63, 3.8) is 0 Å². The van der Waals surface area contributed by atoms with Crippen LogP contribution in [0.5, 0.6) is 0 Å². The van der Waals surface area contributed by atoms with Gasteiger partial charge in [0.1, 0.15) is 6.33 Å². The molecule has 5 nitrogen and oxygen atoms in total. The minimum atomic E-state index is -0.0541.